The molecule has 2 heterocycles. The van der Waals surface area contributed by atoms with E-state index in [2.05, 4.69) is 28.2 Å². The van der Waals surface area contributed by atoms with Crippen molar-refractivity contribution in [1.82, 2.24) is 15.0 Å². The minimum Gasteiger partial charge on any atom is -0.493 e. The first-order valence-electron chi connectivity index (χ1n) is 12.0. The fraction of sp³-hybridized carbons (Fsp3) is 0.357. The van der Waals surface area contributed by atoms with E-state index in [9.17, 15) is 0 Å². The van der Waals surface area contributed by atoms with E-state index in [4.69, 9.17) is 14.5 Å². The number of aromatic nitrogens is 3. The van der Waals surface area contributed by atoms with Gasteiger partial charge < -0.3 is 14.5 Å². The molecule has 33 heavy (non-hydrogen) atoms. The number of ether oxygens (including phenoxy) is 2. The van der Waals surface area contributed by atoms with Crippen molar-refractivity contribution in [2.45, 2.75) is 52.1 Å². The van der Waals surface area contributed by atoms with Crippen LogP contribution in [0.3, 0.4) is 0 Å². The van der Waals surface area contributed by atoms with Gasteiger partial charge in [-0.3, -0.25) is 0 Å². The summed E-state index contributed by atoms with van der Waals surface area (Å²) in [6, 6.07) is 18.4. The zero-order chi connectivity index (χ0) is 22.6. The molecule has 0 radical (unpaired) electrons. The monoisotopic (exact) mass is 441 g/mol. The van der Waals surface area contributed by atoms with Crippen molar-refractivity contribution in [1.29, 1.82) is 0 Å². The third-order valence-corrected chi connectivity index (χ3v) is 6.18. The van der Waals surface area contributed by atoms with Gasteiger partial charge in [-0.05, 0) is 56.4 Å². The molecular formula is C28H31N3O2. The van der Waals surface area contributed by atoms with Gasteiger partial charge in [0.2, 0.25) is 0 Å². The number of benzene rings is 2. The Labute approximate surface area is 195 Å². The van der Waals surface area contributed by atoms with E-state index < -0.39 is 0 Å². The lowest BCUT2D eigenvalue weighted by Gasteiger charge is -2.22. The maximum atomic E-state index is 6.24. The second-order valence-electron chi connectivity index (χ2n) is 9.22. The van der Waals surface area contributed by atoms with Gasteiger partial charge in [0.05, 0.1) is 12.7 Å². The van der Waals surface area contributed by atoms with Gasteiger partial charge in [0.25, 0.3) is 0 Å². The Bertz CT molecular complexity index is 1210. The van der Waals surface area contributed by atoms with Gasteiger partial charge in [-0.1, -0.05) is 49.6 Å². The molecule has 1 saturated carbocycles. The second kappa shape index (κ2) is 9.65. The molecule has 0 unspecified atom stereocenters. The summed E-state index contributed by atoms with van der Waals surface area (Å²) in [5.41, 5.74) is 4.72. The Morgan fingerprint density at radius 3 is 2.48 bits per heavy atom. The first kappa shape index (κ1) is 21.5. The van der Waals surface area contributed by atoms with Gasteiger partial charge in [-0.2, -0.15) is 0 Å². The molecule has 0 saturated heterocycles. The van der Waals surface area contributed by atoms with E-state index in [0.717, 1.165) is 51.8 Å². The summed E-state index contributed by atoms with van der Waals surface area (Å²) in [6.45, 7) is 4.82. The first-order chi connectivity index (χ1) is 16.1. The van der Waals surface area contributed by atoms with Crippen molar-refractivity contribution in [3.63, 3.8) is 0 Å². The quantitative estimate of drug-likeness (QED) is 0.334. The highest BCUT2D eigenvalue weighted by atomic mass is 16.5. The van der Waals surface area contributed by atoms with Crippen LogP contribution in [0.15, 0.2) is 60.8 Å². The number of imidazole rings is 1. The van der Waals surface area contributed by atoms with Gasteiger partial charge in [-0.25, -0.2) is 9.97 Å². The smallest absolute Gasteiger partial charge is 0.157 e. The summed E-state index contributed by atoms with van der Waals surface area (Å²) in [4.78, 5) is 12.8. The molecule has 0 spiro atoms. The fourth-order valence-electron chi connectivity index (χ4n) is 4.52. The van der Waals surface area contributed by atoms with Crippen molar-refractivity contribution in [3.8, 4) is 34.0 Å². The Hall–Kier alpha value is -3.34. The van der Waals surface area contributed by atoms with Gasteiger partial charge in [0, 0.05) is 23.4 Å². The second-order valence-corrected chi connectivity index (χ2v) is 9.22. The molecule has 1 N–H and O–H groups in total. The molecule has 1 aliphatic rings. The molecule has 5 heteroatoms. The topological polar surface area (TPSA) is 60.0 Å². The molecule has 2 aromatic carbocycles. The molecule has 0 bridgehead atoms. The molecular weight excluding hydrogens is 410 g/mol. The van der Waals surface area contributed by atoms with E-state index >= 15 is 0 Å². The highest BCUT2D eigenvalue weighted by Crippen LogP contribution is 2.32. The van der Waals surface area contributed by atoms with Crippen molar-refractivity contribution < 1.29 is 9.47 Å². The average molecular weight is 442 g/mol. The third kappa shape index (κ3) is 5.19. The fourth-order valence-corrected chi connectivity index (χ4v) is 4.52. The van der Waals surface area contributed by atoms with Crippen LogP contribution in [0.2, 0.25) is 0 Å². The van der Waals surface area contributed by atoms with E-state index in [1.165, 1.54) is 32.1 Å². The van der Waals surface area contributed by atoms with Gasteiger partial charge in [-0.15, -0.1) is 0 Å². The van der Waals surface area contributed by atoms with E-state index in [1.54, 1.807) is 0 Å². The van der Waals surface area contributed by atoms with Crippen molar-refractivity contribution in [3.05, 3.63) is 60.8 Å². The average Bonchev–Trinajstić information content (AvgIpc) is 3.27. The number of hydrogen-bond acceptors (Lipinski definition) is 4. The van der Waals surface area contributed by atoms with Crippen molar-refractivity contribution in [2.24, 2.45) is 5.92 Å². The van der Waals surface area contributed by atoms with Crippen molar-refractivity contribution >= 4 is 11.2 Å². The van der Waals surface area contributed by atoms with Crippen LogP contribution in [-0.2, 0) is 0 Å². The largest absolute Gasteiger partial charge is 0.493 e. The number of rotatable bonds is 7. The van der Waals surface area contributed by atoms with Crippen LogP contribution in [0.25, 0.3) is 33.7 Å². The predicted octanol–water partition coefficient (Wildman–Crippen LogP) is 7.04. The minimum atomic E-state index is 0.0808. The Morgan fingerprint density at radius 2 is 1.70 bits per heavy atom. The maximum absolute atomic E-state index is 6.24. The summed E-state index contributed by atoms with van der Waals surface area (Å²) < 4.78 is 12.3. The number of aromatic amines is 1. The zero-order valence-corrected chi connectivity index (χ0v) is 19.4. The number of pyridine rings is 1. The van der Waals surface area contributed by atoms with Crippen molar-refractivity contribution in [2.75, 3.05) is 6.61 Å². The summed E-state index contributed by atoms with van der Waals surface area (Å²) in [7, 11) is 0. The highest BCUT2D eigenvalue weighted by molar-refractivity contribution is 5.81. The summed E-state index contributed by atoms with van der Waals surface area (Å²) in [5.74, 6) is 3.02. The van der Waals surface area contributed by atoms with E-state index in [0.29, 0.717) is 5.92 Å². The van der Waals surface area contributed by atoms with Crippen LogP contribution in [0.5, 0.6) is 11.5 Å². The summed E-state index contributed by atoms with van der Waals surface area (Å²) in [6.07, 6.45) is 8.46. The Balaban J connectivity index is 1.44. The van der Waals surface area contributed by atoms with Crippen LogP contribution >= 0.6 is 0 Å². The molecule has 0 amide bonds. The molecule has 0 atom stereocenters. The first-order valence-corrected chi connectivity index (χ1v) is 12.0. The molecule has 2 aromatic heterocycles. The molecule has 4 aromatic rings. The minimum absolute atomic E-state index is 0.0808. The maximum Gasteiger partial charge on any atom is 0.157 e. The highest BCUT2D eigenvalue weighted by Gasteiger charge is 2.16. The third-order valence-electron chi connectivity index (χ3n) is 6.18. The number of hydrogen-bond donors (Lipinski definition) is 1. The molecule has 5 nitrogen and oxygen atoms in total. The lowest BCUT2D eigenvalue weighted by Crippen LogP contribution is -2.15. The van der Waals surface area contributed by atoms with Gasteiger partial charge >= 0.3 is 0 Å². The number of H-pyrrole nitrogens is 1. The van der Waals surface area contributed by atoms with Crippen LogP contribution in [0.1, 0.15) is 46.0 Å². The SMILES string of the molecule is CC(C)Oc1cc(OCC2CCCCC2)cc(-c2nc3cc(-c4ccccc4)cnc3[nH]2)c1. The predicted molar refractivity (Wildman–Crippen MR) is 133 cm³/mol. The summed E-state index contributed by atoms with van der Waals surface area (Å²) in [5, 5.41) is 0. The molecule has 5 rings (SSSR count). The Kier molecular flexibility index (Phi) is 6.29. The lowest BCUT2D eigenvalue weighted by atomic mass is 9.90. The lowest BCUT2D eigenvalue weighted by molar-refractivity contribution is 0.206. The summed E-state index contributed by atoms with van der Waals surface area (Å²) >= 11 is 0. The number of nitrogens with zero attached hydrogens (tertiary/aromatic N) is 2. The van der Waals surface area contributed by atoms with Crippen LogP contribution in [0, 0.1) is 5.92 Å². The molecule has 170 valence electrons. The van der Waals surface area contributed by atoms with Crippen LogP contribution in [0.4, 0.5) is 0 Å². The number of nitrogens with one attached hydrogen (secondary N) is 1. The van der Waals surface area contributed by atoms with Gasteiger partial charge in [0.1, 0.15) is 22.8 Å². The van der Waals surface area contributed by atoms with Crippen LogP contribution < -0.4 is 9.47 Å². The standard InChI is InChI=1S/C28H31N3O2/c1-19(2)33-25-14-22(13-24(16-25)32-18-20-9-5-3-6-10-20)27-30-26-15-23(17-29-28(26)31-27)21-11-7-4-8-12-21/h4,7-8,11-17,19-20H,3,5-6,9-10,18H2,1-2H3,(H,29,30,31). The van der Waals surface area contributed by atoms with E-state index in [-0.39, 0.29) is 6.10 Å². The Morgan fingerprint density at radius 1 is 0.909 bits per heavy atom. The number of fused-ring (bicyclic) bond motifs is 1. The normalized spacial score (nSPS) is 14.6. The molecule has 1 fully saturated rings. The van der Waals surface area contributed by atoms with E-state index in [1.807, 2.05) is 56.4 Å². The van der Waals surface area contributed by atoms with Crippen LogP contribution in [-0.4, -0.2) is 27.7 Å². The molecule has 0 aliphatic heterocycles. The molecule has 1 aliphatic carbocycles. The zero-order valence-electron chi connectivity index (χ0n) is 19.4. The van der Waals surface area contributed by atoms with Gasteiger partial charge in [0.15, 0.2) is 5.65 Å².